The van der Waals surface area contributed by atoms with E-state index in [1.807, 2.05) is 54.6 Å². The summed E-state index contributed by atoms with van der Waals surface area (Å²) in [5, 5.41) is 3.28. The number of nitrogens with one attached hydrogen (secondary N) is 1. The van der Waals surface area contributed by atoms with Crippen LogP contribution >= 0.6 is 24.0 Å². The average Bonchev–Trinajstić information content (AvgIpc) is 3.24. The first-order chi connectivity index (χ1) is 19.0. The summed E-state index contributed by atoms with van der Waals surface area (Å²) in [6.45, 7) is 0.870. The summed E-state index contributed by atoms with van der Waals surface area (Å²) in [6, 6.07) is 20.9. The summed E-state index contributed by atoms with van der Waals surface area (Å²) >= 11 is 6.72. The van der Waals surface area contributed by atoms with Crippen LogP contribution < -0.4 is 20.3 Å². The molecule has 0 bridgehead atoms. The molecule has 1 saturated heterocycles. The second kappa shape index (κ2) is 11.7. The van der Waals surface area contributed by atoms with Crippen LogP contribution in [0.2, 0.25) is 0 Å². The number of hydrogen-bond acceptors (Lipinski definition) is 8. The Bertz CT molecular complexity index is 1640. The van der Waals surface area contributed by atoms with Crippen LogP contribution in [0, 0.1) is 0 Å². The van der Waals surface area contributed by atoms with Gasteiger partial charge in [-0.15, -0.1) is 0 Å². The second-order valence-corrected chi connectivity index (χ2v) is 10.4. The van der Waals surface area contributed by atoms with E-state index in [1.165, 1.54) is 16.2 Å². The van der Waals surface area contributed by atoms with Gasteiger partial charge in [0.1, 0.15) is 15.8 Å². The van der Waals surface area contributed by atoms with Crippen molar-refractivity contribution in [3.05, 3.63) is 105 Å². The fourth-order valence-electron chi connectivity index (χ4n) is 4.25. The highest BCUT2D eigenvalue weighted by Crippen LogP contribution is 2.34. The molecule has 5 rings (SSSR count). The molecule has 198 valence electrons. The molecule has 0 spiro atoms. The maximum atomic E-state index is 13.5. The number of hydrogen-bond donors (Lipinski definition) is 1. The van der Waals surface area contributed by atoms with Crippen molar-refractivity contribution < 1.29 is 14.3 Å². The largest absolute Gasteiger partial charge is 0.493 e. The van der Waals surface area contributed by atoms with E-state index in [4.69, 9.17) is 21.7 Å². The molecule has 0 atom stereocenters. The SMILES string of the molecule is COc1ccc(CCN2C(=O)/C(=C/c3c(NCc4ccccc4)nc4ccccn4c3=O)SC2=S)cc1OC. The normalized spacial score (nSPS) is 14.3. The topological polar surface area (TPSA) is 85.2 Å². The first-order valence-electron chi connectivity index (χ1n) is 12.2. The lowest BCUT2D eigenvalue weighted by Gasteiger charge is -2.15. The molecule has 8 nitrogen and oxygen atoms in total. The monoisotopic (exact) mass is 558 g/mol. The Hall–Kier alpha value is -4.15. The zero-order valence-electron chi connectivity index (χ0n) is 21.4. The van der Waals surface area contributed by atoms with Gasteiger partial charge in [0, 0.05) is 19.3 Å². The fraction of sp³-hybridized carbons (Fsp3) is 0.172. The van der Waals surface area contributed by atoms with E-state index < -0.39 is 0 Å². The van der Waals surface area contributed by atoms with Gasteiger partial charge in [0.2, 0.25) is 0 Å². The highest BCUT2D eigenvalue weighted by molar-refractivity contribution is 8.26. The zero-order chi connectivity index (χ0) is 27.4. The summed E-state index contributed by atoms with van der Waals surface area (Å²) in [7, 11) is 3.17. The Labute approximate surface area is 235 Å². The summed E-state index contributed by atoms with van der Waals surface area (Å²) in [5.74, 6) is 1.43. The number of aromatic nitrogens is 2. The van der Waals surface area contributed by atoms with E-state index in [0.717, 1.165) is 11.1 Å². The lowest BCUT2D eigenvalue weighted by atomic mass is 10.1. The first kappa shape index (κ1) is 26.5. The van der Waals surface area contributed by atoms with E-state index in [1.54, 1.807) is 43.5 Å². The minimum Gasteiger partial charge on any atom is -0.493 e. The molecule has 0 radical (unpaired) electrons. The summed E-state index contributed by atoms with van der Waals surface area (Å²) in [5.41, 5.74) is 2.56. The zero-order valence-corrected chi connectivity index (χ0v) is 23.1. The van der Waals surface area contributed by atoms with Gasteiger partial charge in [0.15, 0.2) is 11.5 Å². The molecule has 3 heterocycles. The number of fused-ring (bicyclic) bond motifs is 1. The molecule has 1 N–H and O–H groups in total. The number of thiocarbonyl (C=S) groups is 1. The highest BCUT2D eigenvalue weighted by atomic mass is 32.2. The molecule has 10 heteroatoms. The van der Waals surface area contributed by atoms with Crippen LogP contribution in [-0.2, 0) is 17.8 Å². The Morgan fingerprint density at radius 2 is 1.74 bits per heavy atom. The van der Waals surface area contributed by atoms with Gasteiger partial charge in [0.25, 0.3) is 11.5 Å². The smallest absolute Gasteiger partial charge is 0.267 e. The van der Waals surface area contributed by atoms with Crippen molar-refractivity contribution in [3.8, 4) is 11.5 Å². The number of pyridine rings is 1. The Kier molecular flexibility index (Phi) is 7.94. The van der Waals surface area contributed by atoms with Gasteiger partial charge in [-0.05, 0) is 47.9 Å². The number of anilines is 1. The molecule has 0 saturated carbocycles. The standard InChI is InChI=1S/C29H26N4O4S2/c1-36-22-12-11-19(16-23(22)37-2)13-15-33-28(35)24(39-29(33)38)17-21-26(30-18-20-8-4-3-5-9-20)31-25-10-6-7-14-32(25)27(21)34/h3-12,14,16-17,30H,13,15,18H2,1-2H3/b24-17-. The molecule has 1 amide bonds. The van der Waals surface area contributed by atoms with Crippen molar-refractivity contribution in [2.75, 3.05) is 26.1 Å². The van der Waals surface area contributed by atoms with Gasteiger partial charge in [-0.3, -0.25) is 18.9 Å². The molecule has 1 aliphatic rings. The van der Waals surface area contributed by atoms with E-state index >= 15 is 0 Å². The van der Waals surface area contributed by atoms with E-state index in [0.29, 0.717) is 57.3 Å². The van der Waals surface area contributed by atoms with Crippen LogP contribution in [0.3, 0.4) is 0 Å². The van der Waals surface area contributed by atoms with Crippen LogP contribution in [0.1, 0.15) is 16.7 Å². The molecule has 2 aromatic heterocycles. The first-order valence-corrected chi connectivity index (χ1v) is 13.5. The summed E-state index contributed by atoms with van der Waals surface area (Å²) in [4.78, 5) is 33.5. The second-order valence-electron chi connectivity index (χ2n) is 8.72. The third-order valence-corrected chi connectivity index (χ3v) is 7.67. The maximum absolute atomic E-state index is 13.5. The fourth-order valence-corrected chi connectivity index (χ4v) is 5.54. The van der Waals surface area contributed by atoms with E-state index in [9.17, 15) is 9.59 Å². The number of ether oxygens (including phenoxy) is 2. The van der Waals surface area contributed by atoms with Gasteiger partial charge in [-0.1, -0.05) is 66.4 Å². The van der Waals surface area contributed by atoms with Crippen LogP contribution in [0.25, 0.3) is 11.7 Å². The van der Waals surface area contributed by atoms with Gasteiger partial charge >= 0.3 is 0 Å². The molecule has 0 unspecified atom stereocenters. The minimum atomic E-state index is -0.272. The number of carbonyl (C=O) groups excluding carboxylic acids is 1. The van der Waals surface area contributed by atoms with Crippen LogP contribution in [-0.4, -0.2) is 45.3 Å². The van der Waals surface area contributed by atoms with Crippen LogP contribution in [0.15, 0.2) is 82.6 Å². The van der Waals surface area contributed by atoms with E-state index in [2.05, 4.69) is 10.3 Å². The third kappa shape index (κ3) is 5.67. The number of thioether (sulfide) groups is 1. The predicted octanol–water partition coefficient (Wildman–Crippen LogP) is 4.77. The van der Waals surface area contributed by atoms with Crippen molar-refractivity contribution >= 4 is 51.7 Å². The highest BCUT2D eigenvalue weighted by Gasteiger charge is 2.32. The van der Waals surface area contributed by atoms with Crippen molar-refractivity contribution in [2.45, 2.75) is 13.0 Å². The Morgan fingerprint density at radius 3 is 2.51 bits per heavy atom. The molecular formula is C29H26N4O4S2. The molecular weight excluding hydrogens is 532 g/mol. The summed E-state index contributed by atoms with van der Waals surface area (Å²) < 4.78 is 12.6. The maximum Gasteiger partial charge on any atom is 0.267 e. The number of methoxy groups -OCH3 is 2. The molecule has 1 aliphatic heterocycles. The van der Waals surface area contributed by atoms with Crippen molar-refractivity contribution in [1.29, 1.82) is 0 Å². The number of amides is 1. The molecule has 1 fully saturated rings. The average molecular weight is 559 g/mol. The van der Waals surface area contributed by atoms with E-state index in [-0.39, 0.29) is 11.5 Å². The molecule has 2 aromatic carbocycles. The Morgan fingerprint density at radius 1 is 0.974 bits per heavy atom. The van der Waals surface area contributed by atoms with Gasteiger partial charge in [0.05, 0.1) is 24.7 Å². The van der Waals surface area contributed by atoms with Crippen molar-refractivity contribution in [1.82, 2.24) is 14.3 Å². The van der Waals surface area contributed by atoms with Gasteiger partial charge in [-0.25, -0.2) is 4.98 Å². The lowest BCUT2D eigenvalue weighted by Crippen LogP contribution is -2.30. The van der Waals surface area contributed by atoms with Crippen LogP contribution in [0.5, 0.6) is 11.5 Å². The van der Waals surface area contributed by atoms with Crippen LogP contribution in [0.4, 0.5) is 5.82 Å². The van der Waals surface area contributed by atoms with Gasteiger partial charge < -0.3 is 14.8 Å². The van der Waals surface area contributed by atoms with Gasteiger partial charge in [-0.2, -0.15) is 0 Å². The number of benzene rings is 2. The van der Waals surface area contributed by atoms with Crippen molar-refractivity contribution in [2.24, 2.45) is 0 Å². The molecule has 0 aliphatic carbocycles. The Balaban J connectivity index is 1.42. The predicted molar refractivity (Wildman–Crippen MR) is 158 cm³/mol. The minimum absolute atomic E-state index is 0.239. The van der Waals surface area contributed by atoms with Crippen molar-refractivity contribution in [3.63, 3.8) is 0 Å². The molecule has 4 aromatic rings. The quantitative estimate of drug-likeness (QED) is 0.232. The third-order valence-electron chi connectivity index (χ3n) is 6.29. The lowest BCUT2D eigenvalue weighted by molar-refractivity contribution is -0.122. The number of rotatable bonds is 9. The number of nitrogens with zero attached hydrogens (tertiary/aromatic N) is 3. The summed E-state index contributed by atoms with van der Waals surface area (Å²) in [6.07, 6.45) is 3.83. The molecule has 39 heavy (non-hydrogen) atoms. The number of carbonyl (C=O) groups is 1.